The van der Waals surface area contributed by atoms with Crippen molar-refractivity contribution in [3.05, 3.63) is 29.3 Å². The minimum Gasteiger partial charge on any atom is -0.372 e. The molecule has 0 saturated heterocycles. The quantitative estimate of drug-likeness (QED) is 0.749. The molecule has 1 aromatic rings. The number of halogens is 1. The largest absolute Gasteiger partial charge is 0.372 e. The van der Waals surface area contributed by atoms with Gasteiger partial charge in [0.1, 0.15) is 6.29 Å². The molecule has 67 valence electrons. The van der Waals surface area contributed by atoms with Gasteiger partial charge in [-0.1, -0.05) is 17.7 Å². The first kappa shape index (κ1) is 8.57. The van der Waals surface area contributed by atoms with Crippen LogP contribution in [0, 0.1) is 6.07 Å². The fourth-order valence-electron chi connectivity index (χ4n) is 1.18. The maximum atomic E-state index is 10.7. The molecule has 13 heavy (non-hydrogen) atoms. The van der Waals surface area contributed by atoms with E-state index >= 15 is 0 Å². The van der Waals surface area contributed by atoms with Gasteiger partial charge in [0, 0.05) is 0 Å². The Kier molecular flexibility index (Phi) is 2.00. The second-order valence-electron chi connectivity index (χ2n) is 3.30. The van der Waals surface area contributed by atoms with Crippen molar-refractivity contribution < 1.29 is 4.79 Å². The van der Waals surface area contributed by atoms with Crippen LogP contribution in [0.1, 0.15) is 12.8 Å². The number of aldehydes is 1. The van der Waals surface area contributed by atoms with Gasteiger partial charge in [-0.3, -0.25) is 0 Å². The van der Waals surface area contributed by atoms with Crippen LogP contribution in [0.15, 0.2) is 18.2 Å². The smallest absolute Gasteiger partial charge is 0.145 e. The summed E-state index contributed by atoms with van der Waals surface area (Å²) in [5.74, 6) is 0. The second kappa shape index (κ2) is 3.04. The van der Waals surface area contributed by atoms with Crippen molar-refractivity contribution in [1.29, 1.82) is 0 Å². The first-order valence-corrected chi connectivity index (χ1v) is 4.54. The molecule has 3 heteroatoms. The van der Waals surface area contributed by atoms with Crippen LogP contribution in [-0.4, -0.2) is 11.8 Å². The zero-order chi connectivity index (χ0) is 9.31. The molecule has 1 aliphatic rings. The van der Waals surface area contributed by atoms with E-state index in [1.165, 1.54) is 0 Å². The molecule has 0 atom stereocenters. The number of benzene rings is 1. The lowest BCUT2D eigenvalue weighted by atomic mass is 10.2. The van der Waals surface area contributed by atoms with Crippen molar-refractivity contribution in [3.8, 4) is 0 Å². The van der Waals surface area contributed by atoms with E-state index < -0.39 is 0 Å². The van der Waals surface area contributed by atoms with Gasteiger partial charge < -0.3 is 10.1 Å². The predicted molar refractivity (Wildman–Crippen MR) is 51.9 cm³/mol. The molecule has 0 amide bonds. The molecule has 1 fully saturated rings. The van der Waals surface area contributed by atoms with E-state index in [2.05, 4.69) is 11.4 Å². The Morgan fingerprint density at radius 1 is 1.62 bits per heavy atom. The lowest BCUT2D eigenvalue weighted by Crippen LogP contribution is -2.22. The molecule has 2 nitrogen and oxygen atoms in total. The van der Waals surface area contributed by atoms with E-state index in [1.54, 1.807) is 18.2 Å². The minimum absolute atomic E-state index is 0.348. The number of hydrogen-bond donors (Lipinski definition) is 1. The SMILES string of the molecule is O=CC1(Nc2c[c]ccc2Cl)CC1. The Hall–Kier alpha value is -1.02. The highest BCUT2D eigenvalue weighted by Crippen LogP contribution is 2.38. The third kappa shape index (κ3) is 1.68. The Bertz CT molecular complexity index is 333. The third-order valence-electron chi connectivity index (χ3n) is 2.21. The maximum Gasteiger partial charge on any atom is 0.145 e. The van der Waals surface area contributed by atoms with Gasteiger partial charge in [0.2, 0.25) is 0 Å². The second-order valence-corrected chi connectivity index (χ2v) is 3.71. The first-order valence-electron chi connectivity index (χ1n) is 4.16. The van der Waals surface area contributed by atoms with Crippen LogP contribution in [0.4, 0.5) is 5.69 Å². The van der Waals surface area contributed by atoms with E-state index in [0.717, 1.165) is 24.8 Å². The number of carbonyl (C=O) groups excluding carboxylic acids is 1. The Balaban J connectivity index is 2.18. The molecule has 0 spiro atoms. The van der Waals surface area contributed by atoms with Gasteiger partial charge in [0.15, 0.2) is 0 Å². The van der Waals surface area contributed by atoms with E-state index in [1.807, 2.05) is 0 Å². The van der Waals surface area contributed by atoms with Gasteiger partial charge in [-0.25, -0.2) is 0 Å². The zero-order valence-corrected chi connectivity index (χ0v) is 7.77. The Labute approximate surface area is 81.9 Å². The first-order chi connectivity index (χ1) is 6.26. The fraction of sp³-hybridized carbons (Fsp3) is 0.300. The van der Waals surface area contributed by atoms with Gasteiger partial charge in [-0.15, -0.1) is 0 Å². The molecule has 1 radical (unpaired) electrons. The molecule has 1 saturated carbocycles. The molecule has 2 rings (SSSR count). The van der Waals surface area contributed by atoms with Crippen molar-refractivity contribution in [3.63, 3.8) is 0 Å². The minimum atomic E-state index is -0.348. The lowest BCUT2D eigenvalue weighted by Gasteiger charge is -2.12. The monoisotopic (exact) mass is 194 g/mol. The zero-order valence-electron chi connectivity index (χ0n) is 7.01. The molecular weight excluding hydrogens is 186 g/mol. The Morgan fingerprint density at radius 3 is 2.92 bits per heavy atom. The number of anilines is 1. The number of nitrogens with one attached hydrogen (secondary N) is 1. The molecule has 0 unspecified atom stereocenters. The van der Waals surface area contributed by atoms with Crippen LogP contribution < -0.4 is 5.32 Å². The number of rotatable bonds is 3. The molecular formula is C10H9ClNO. The van der Waals surface area contributed by atoms with Crippen LogP contribution in [0.5, 0.6) is 0 Å². The van der Waals surface area contributed by atoms with Crippen molar-refractivity contribution in [2.75, 3.05) is 5.32 Å². The van der Waals surface area contributed by atoms with Crippen molar-refractivity contribution in [2.45, 2.75) is 18.4 Å². The average molecular weight is 195 g/mol. The van der Waals surface area contributed by atoms with Crippen LogP contribution in [0.3, 0.4) is 0 Å². The summed E-state index contributed by atoms with van der Waals surface area (Å²) in [6, 6.07) is 8.17. The number of hydrogen-bond acceptors (Lipinski definition) is 2. The fourth-order valence-corrected chi connectivity index (χ4v) is 1.35. The van der Waals surface area contributed by atoms with Gasteiger partial charge >= 0.3 is 0 Å². The van der Waals surface area contributed by atoms with E-state index in [4.69, 9.17) is 11.6 Å². The van der Waals surface area contributed by atoms with Crippen molar-refractivity contribution >= 4 is 23.6 Å². The maximum absolute atomic E-state index is 10.7. The van der Waals surface area contributed by atoms with Crippen LogP contribution in [0.25, 0.3) is 0 Å². The summed E-state index contributed by atoms with van der Waals surface area (Å²) in [5, 5.41) is 3.75. The molecule has 0 aromatic heterocycles. The highest BCUT2D eigenvalue weighted by atomic mass is 35.5. The summed E-state index contributed by atoms with van der Waals surface area (Å²) in [4.78, 5) is 10.7. The lowest BCUT2D eigenvalue weighted by molar-refractivity contribution is -0.109. The van der Waals surface area contributed by atoms with Crippen molar-refractivity contribution in [2.24, 2.45) is 0 Å². The summed E-state index contributed by atoms with van der Waals surface area (Å²) < 4.78 is 0. The topological polar surface area (TPSA) is 29.1 Å². The van der Waals surface area contributed by atoms with E-state index in [9.17, 15) is 4.79 Å². The van der Waals surface area contributed by atoms with E-state index in [-0.39, 0.29) is 5.54 Å². The normalized spacial score (nSPS) is 17.9. The van der Waals surface area contributed by atoms with Gasteiger partial charge in [-0.05, 0) is 31.0 Å². The highest BCUT2D eigenvalue weighted by Gasteiger charge is 2.42. The highest BCUT2D eigenvalue weighted by molar-refractivity contribution is 6.33. The summed E-state index contributed by atoms with van der Waals surface area (Å²) in [6.45, 7) is 0. The predicted octanol–water partition coefficient (Wildman–Crippen LogP) is 2.28. The van der Waals surface area contributed by atoms with E-state index in [0.29, 0.717) is 5.02 Å². The molecule has 0 bridgehead atoms. The number of carbonyl (C=O) groups is 1. The average Bonchev–Trinajstić information content (AvgIpc) is 2.90. The molecule has 0 heterocycles. The van der Waals surface area contributed by atoms with Crippen LogP contribution in [0.2, 0.25) is 5.02 Å². The van der Waals surface area contributed by atoms with Crippen molar-refractivity contribution in [1.82, 2.24) is 0 Å². The summed E-state index contributed by atoms with van der Waals surface area (Å²) in [7, 11) is 0. The summed E-state index contributed by atoms with van der Waals surface area (Å²) >= 11 is 5.92. The molecule has 1 aliphatic carbocycles. The summed E-state index contributed by atoms with van der Waals surface area (Å²) in [6.07, 6.45) is 2.74. The molecule has 1 N–H and O–H groups in total. The Morgan fingerprint density at radius 2 is 2.38 bits per heavy atom. The van der Waals surface area contributed by atoms with Gasteiger partial charge in [0.25, 0.3) is 0 Å². The van der Waals surface area contributed by atoms with Crippen LogP contribution in [-0.2, 0) is 4.79 Å². The molecule has 1 aromatic carbocycles. The van der Waals surface area contributed by atoms with Crippen LogP contribution >= 0.6 is 11.6 Å². The molecule has 0 aliphatic heterocycles. The van der Waals surface area contributed by atoms with Gasteiger partial charge in [-0.2, -0.15) is 0 Å². The standard InChI is InChI=1S/C10H9ClNO/c11-8-3-1-2-4-9(8)12-10(7-13)5-6-10/h1,3-4,7,12H,5-6H2. The summed E-state index contributed by atoms with van der Waals surface area (Å²) in [5.41, 5.74) is 0.438. The van der Waals surface area contributed by atoms with Gasteiger partial charge in [0.05, 0.1) is 16.2 Å². The third-order valence-corrected chi connectivity index (χ3v) is 2.54.